The number of amidine groups is 1. The number of hydrogen-bond acceptors (Lipinski definition) is 4. The zero-order chi connectivity index (χ0) is 18.0. The van der Waals surface area contributed by atoms with Gasteiger partial charge < -0.3 is 0 Å². The third-order valence-corrected chi connectivity index (χ3v) is 7.29. The van der Waals surface area contributed by atoms with E-state index in [1.54, 1.807) is 17.0 Å². The molecule has 3 rings (SSSR count). The maximum Gasteiger partial charge on any atom is 0.284 e. The predicted molar refractivity (Wildman–Crippen MR) is 101 cm³/mol. The van der Waals surface area contributed by atoms with Crippen molar-refractivity contribution in [1.82, 2.24) is 4.90 Å². The Kier molecular flexibility index (Phi) is 5.53. The lowest BCUT2D eigenvalue weighted by Crippen LogP contribution is -2.42. The molecule has 0 aromatic heterocycles. The molecular weight excluding hydrogens is 356 g/mol. The molecule has 136 valence electrons. The van der Waals surface area contributed by atoms with Crippen LogP contribution in [0.1, 0.15) is 51.5 Å². The average Bonchev–Trinajstić information content (AvgIpc) is 2.89. The maximum absolute atomic E-state index is 12.7. The van der Waals surface area contributed by atoms with E-state index in [2.05, 4.69) is 4.40 Å². The Bertz CT molecular complexity index is 766. The highest BCUT2D eigenvalue weighted by Crippen LogP contribution is 2.34. The molecule has 25 heavy (non-hydrogen) atoms. The lowest BCUT2D eigenvalue weighted by molar-refractivity contribution is -0.127. The summed E-state index contributed by atoms with van der Waals surface area (Å²) in [6.45, 7) is 3.84. The number of nitrogens with zero attached hydrogens (tertiary/aromatic N) is 2. The first-order valence-electron chi connectivity index (χ1n) is 8.86. The van der Waals surface area contributed by atoms with Crippen molar-refractivity contribution in [2.75, 3.05) is 0 Å². The van der Waals surface area contributed by atoms with Crippen LogP contribution in [0.2, 0.25) is 0 Å². The van der Waals surface area contributed by atoms with Crippen LogP contribution in [-0.2, 0) is 21.2 Å². The Hall–Kier alpha value is -1.34. The minimum Gasteiger partial charge on any atom is -0.287 e. The van der Waals surface area contributed by atoms with E-state index in [1.165, 1.54) is 18.2 Å². The Morgan fingerprint density at radius 2 is 1.80 bits per heavy atom. The summed E-state index contributed by atoms with van der Waals surface area (Å²) in [6, 6.07) is 6.88. The van der Waals surface area contributed by atoms with Crippen LogP contribution >= 0.6 is 11.8 Å². The standard InChI is InChI=1S/C18H24N2O3S2/c1-3-14-9-11-16(12-10-14)25(22,23)19-18-20(17(21)13(2)24-18)15-7-5-4-6-8-15/h9-13,15H,3-8H2,1-2H3. The summed E-state index contributed by atoms with van der Waals surface area (Å²) in [4.78, 5) is 14.4. The van der Waals surface area contributed by atoms with Gasteiger partial charge in [0.25, 0.3) is 10.0 Å². The third kappa shape index (κ3) is 3.92. The van der Waals surface area contributed by atoms with Gasteiger partial charge in [0.15, 0.2) is 5.17 Å². The van der Waals surface area contributed by atoms with Crippen molar-refractivity contribution in [2.45, 2.75) is 68.6 Å². The van der Waals surface area contributed by atoms with Gasteiger partial charge >= 0.3 is 0 Å². The molecule has 7 heteroatoms. The fraction of sp³-hybridized carbons (Fsp3) is 0.556. The van der Waals surface area contributed by atoms with Gasteiger partial charge in [-0.2, -0.15) is 8.42 Å². The molecule has 2 aliphatic rings. The van der Waals surface area contributed by atoms with Crippen LogP contribution in [0.15, 0.2) is 33.6 Å². The first kappa shape index (κ1) is 18.5. The lowest BCUT2D eigenvalue weighted by atomic mass is 9.94. The van der Waals surface area contributed by atoms with Gasteiger partial charge in [0.2, 0.25) is 5.91 Å². The van der Waals surface area contributed by atoms with Gasteiger partial charge in [-0.3, -0.25) is 9.69 Å². The Labute approximate surface area is 153 Å². The summed E-state index contributed by atoms with van der Waals surface area (Å²) in [6.07, 6.45) is 6.02. The van der Waals surface area contributed by atoms with Crippen molar-refractivity contribution in [3.63, 3.8) is 0 Å². The summed E-state index contributed by atoms with van der Waals surface area (Å²) in [5.74, 6) is -0.0211. The second-order valence-corrected chi connectivity index (χ2v) is 9.52. The highest BCUT2D eigenvalue weighted by molar-refractivity contribution is 8.16. The molecule has 2 fully saturated rings. The number of carbonyl (C=O) groups is 1. The molecule has 0 spiro atoms. The first-order chi connectivity index (χ1) is 11.9. The molecule has 1 atom stereocenters. The first-order valence-corrected chi connectivity index (χ1v) is 11.2. The number of rotatable bonds is 4. The van der Waals surface area contributed by atoms with Crippen LogP contribution in [0, 0.1) is 0 Å². The molecule has 1 aliphatic carbocycles. The van der Waals surface area contributed by atoms with E-state index in [1.807, 2.05) is 26.0 Å². The van der Waals surface area contributed by atoms with Crippen LogP contribution in [0.3, 0.4) is 0 Å². The molecule has 1 aromatic carbocycles. The molecular formula is C18H24N2O3S2. The monoisotopic (exact) mass is 380 g/mol. The lowest BCUT2D eigenvalue weighted by Gasteiger charge is -2.30. The topological polar surface area (TPSA) is 66.8 Å². The van der Waals surface area contributed by atoms with E-state index in [0.717, 1.165) is 37.7 Å². The molecule has 1 saturated heterocycles. The second kappa shape index (κ2) is 7.50. The van der Waals surface area contributed by atoms with Crippen molar-refractivity contribution in [3.05, 3.63) is 29.8 Å². The van der Waals surface area contributed by atoms with Crippen molar-refractivity contribution in [3.8, 4) is 0 Å². The molecule has 1 unspecified atom stereocenters. The fourth-order valence-electron chi connectivity index (χ4n) is 3.35. The zero-order valence-corrected chi connectivity index (χ0v) is 16.3. The van der Waals surface area contributed by atoms with Crippen LogP contribution in [0.25, 0.3) is 0 Å². The minimum atomic E-state index is -3.81. The molecule has 5 nitrogen and oxygen atoms in total. The Morgan fingerprint density at radius 3 is 2.40 bits per heavy atom. The Balaban J connectivity index is 1.91. The van der Waals surface area contributed by atoms with Crippen LogP contribution in [0.4, 0.5) is 0 Å². The van der Waals surface area contributed by atoms with E-state index < -0.39 is 10.0 Å². The van der Waals surface area contributed by atoms with Gasteiger partial charge in [-0.05, 0) is 43.9 Å². The number of aryl methyl sites for hydroxylation is 1. The van der Waals surface area contributed by atoms with Crippen LogP contribution < -0.4 is 0 Å². The maximum atomic E-state index is 12.7. The number of hydrogen-bond donors (Lipinski definition) is 0. The largest absolute Gasteiger partial charge is 0.287 e. The molecule has 1 aliphatic heterocycles. The second-order valence-electron chi connectivity index (χ2n) is 6.61. The van der Waals surface area contributed by atoms with Crippen LogP contribution in [-0.4, -0.2) is 35.7 Å². The van der Waals surface area contributed by atoms with Gasteiger partial charge in [0.05, 0.1) is 10.1 Å². The van der Waals surface area contributed by atoms with E-state index in [-0.39, 0.29) is 22.1 Å². The fourth-order valence-corrected chi connectivity index (χ4v) is 5.58. The summed E-state index contributed by atoms with van der Waals surface area (Å²) in [5, 5.41) is 0.0577. The van der Waals surface area contributed by atoms with E-state index >= 15 is 0 Å². The normalized spacial score (nSPS) is 24.2. The van der Waals surface area contributed by atoms with Gasteiger partial charge in [0.1, 0.15) is 0 Å². The minimum absolute atomic E-state index is 0.0211. The molecule has 1 heterocycles. The molecule has 0 radical (unpaired) electrons. The van der Waals surface area contributed by atoms with Gasteiger partial charge in [-0.1, -0.05) is 50.1 Å². The van der Waals surface area contributed by atoms with Crippen LogP contribution in [0.5, 0.6) is 0 Å². The summed E-state index contributed by atoms with van der Waals surface area (Å²) >= 11 is 1.25. The quantitative estimate of drug-likeness (QED) is 0.800. The zero-order valence-electron chi connectivity index (χ0n) is 14.6. The van der Waals surface area contributed by atoms with Crippen molar-refractivity contribution in [2.24, 2.45) is 4.40 Å². The third-order valence-electron chi connectivity index (χ3n) is 4.84. The van der Waals surface area contributed by atoms with Gasteiger partial charge in [0, 0.05) is 6.04 Å². The Morgan fingerprint density at radius 1 is 1.16 bits per heavy atom. The molecule has 1 saturated carbocycles. The van der Waals surface area contributed by atoms with Crippen molar-refractivity contribution >= 4 is 32.9 Å². The summed E-state index contributed by atoms with van der Waals surface area (Å²) < 4.78 is 29.4. The smallest absolute Gasteiger partial charge is 0.284 e. The van der Waals surface area contributed by atoms with E-state index in [9.17, 15) is 13.2 Å². The number of sulfonamides is 1. The molecule has 0 bridgehead atoms. The molecule has 1 aromatic rings. The predicted octanol–water partition coefficient (Wildman–Crippen LogP) is 3.59. The average molecular weight is 381 g/mol. The number of benzene rings is 1. The van der Waals surface area contributed by atoms with E-state index in [0.29, 0.717) is 5.17 Å². The summed E-state index contributed by atoms with van der Waals surface area (Å²) in [7, 11) is -3.81. The van der Waals surface area contributed by atoms with Gasteiger partial charge in [-0.15, -0.1) is 4.40 Å². The molecule has 0 N–H and O–H groups in total. The van der Waals surface area contributed by atoms with Crippen molar-refractivity contribution in [1.29, 1.82) is 0 Å². The van der Waals surface area contributed by atoms with Gasteiger partial charge in [-0.25, -0.2) is 0 Å². The highest BCUT2D eigenvalue weighted by atomic mass is 32.2. The van der Waals surface area contributed by atoms with Crippen molar-refractivity contribution < 1.29 is 13.2 Å². The SMILES string of the molecule is CCc1ccc(S(=O)(=O)N=C2SC(C)C(=O)N2C2CCCCC2)cc1. The molecule has 1 amide bonds. The number of thioether (sulfide) groups is 1. The highest BCUT2D eigenvalue weighted by Gasteiger charge is 2.40. The number of carbonyl (C=O) groups excluding carboxylic acids is 1. The van der Waals surface area contributed by atoms with E-state index in [4.69, 9.17) is 0 Å². The number of amides is 1. The summed E-state index contributed by atoms with van der Waals surface area (Å²) in [5.41, 5.74) is 1.08.